The standard InChI is InChI=1S/C29H29N7O16S5/c30-26-24(17-25(55(42,43)44)27(31)28(26)36-33-19-7-9-22(10-8-19)53(38,39)13-11-51-56(45,46)47)35-34-21-5-1-3-18(15-21)29(37)32-20-4-2-6-23(16-20)54(40,41)14-12-52-57(48,49)50/h1-10,15-17H,11-14,30-31H2,(H,32,37)(H,42,43,44)(H,45,46,47)(H,48,49,50). The molecule has 28 heteroatoms. The molecule has 0 saturated carbocycles. The van der Waals surface area contributed by atoms with E-state index < -0.39 is 97.5 Å². The molecule has 8 N–H and O–H groups in total. The number of nitrogens with two attached hydrogens (primary N) is 2. The summed E-state index contributed by atoms with van der Waals surface area (Å²) in [6, 6.07) is 15.7. The second kappa shape index (κ2) is 17.5. The lowest BCUT2D eigenvalue weighted by Crippen LogP contribution is -2.16. The average molecular weight is 892 g/mol. The van der Waals surface area contributed by atoms with Gasteiger partial charge in [0.25, 0.3) is 16.0 Å². The highest BCUT2D eigenvalue weighted by atomic mass is 32.3. The molecule has 57 heavy (non-hydrogen) atoms. The van der Waals surface area contributed by atoms with Gasteiger partial charge in [-0.1, -0.05) is 12.1 Å². The van der Waals surface area contributed by atoms with Crippen LogP contribution in [0.3, 0.4) is 0 Å². The number of benzene rings is 4. The summed E-state index contributed by atoms with van der Waals surface area (Å²) >= 11 is 0. The molecular formula is C29H29N7O16S5. The monoisotopic (exact) mass is 891 g/mol. The van der Waals surface area contributed by atoms with Crippen LogP contribution in [0.25, 0.3) is 0 Å². The Hall–Kier alpha value is -5.30. The quantitative estimate of drug-likeness (QED) is 0.0502. The van der Waals surface area contributed by atoms with Gasteiger partial charge in [0.1, 0.15) is 16.3 Å². The van der Waals surface area contributed by atoms with Crippen LogP contribution < -0.4 is 16.8 Å². The molecular weight excluding hydrogens is 863 g/mol. The fourth-order valence-corrected chi connectivity index (χ4v) is 8.07. The first kappa shape index (κ1) is 44.4. The fraction of sp³-hybridized carbons (Fsp3) is 0.138. The molecule has 4 rings (SSSR count). The van der Waals surface area contributed by atoms with E-state index in [0.717, 1.165) is 24.3 Å². The maximum absolute atomic E-state index is 13.0. The van der Waals surface area contributed by atoms with Crippen LogP contribution in [-0.2, 0) is 59.0 Å². The number of carbonyl (C=O) groups is 1. The molecule has 23 nitrogen and oxygen atoms in total. The van der Waals surface area contributed by atoms with Crippen molar-refractivity contribution in [2.24, 2.45) is 20.5 Å². The molecule has 0 spiro atoms. The van der Waals surface area contributed by atoms with Gasteiger partial charge in [-0.25, -0.2) is 25.2 Å². The minimum atomic E-state index is -5.02. The van der Waals surface area contributed by atoms with Crippen LogP contribution in [-0.4, -0.2) is 86.4 Å². The van der Waals surface area contributed by atoms with E-state index in [0.29, 0.717) is 0 Å². The number of carbonyl (C=O) groups excluding carboxylic acids is 1. The Morgan fingerprint density at radius 2 is 1.18 bits per heavy atom. The van der Waals surface area contributed by atoms with Gasteiger partial charge in [-0.3, -0.25) is 18.5 Å². The molecule has 0 fully saturated rings. The van der Waals surface area contributed by atoms with Crippen LogP contribution in [0.4, 0.5) is 39.8 Å². The normalized spacial score (nSPS) is 13.0. The smallest absolute Gasteiger partial charge is 0.396 e. The number of amides is 1. The zero-order valence-electron chi connectivity index (χ0n) is 28.5. The van der Waals surface area contributed by atoms with E-state index in [2.05, 4.69) is 34.1 Å². The molecule has 0 heterocycles. The van der Waals surface area contributed by atoms with Gasteiger partial charge in [0.15, 0.2) is 19.7 Å². The molecule has 4 aromatic carbocycles. The van der Waals surface area contributed by atoms with Gasteiger partial charge < -0.3 is 16.8 Å². The van der Waals surface area contributed by atoms with Gasteiger partial charge in [0.05, 0.1) is 57.3 Å². The summed E-state index contributed by atoms with van der Waals surface area (Å²) in [6.07, 6.45) is 0. The first-order chi connectivity index (χ1) is 26.3. The van der Waals surface area contributed by atoms with Crippen molar-refractivity contribution in [3.8, 4) is 0 Å². The van der Waals surface area contributed by atoms with E-state index in [1.807, 2.05) is 0 Å². The van der Waals surface area contributed by atoms with Crippen molar-refractivity contribution in [2.45, 2.75) is 14.7 Å². The molecule has 306 valence electrons. The summed E-state index contributed by atoms with van der Waals surface area (Å²) in [6.45, 7) is -1.72. The third-order valence-electron chi connectivity index (χ3n) is 7.06. The van der Waals surface area contributed by atoms with Crippen LogP contribution in [0.1, 0.15) is 10.4 Å². The van der Waals surface area contributed by atoms with E-state index >= 15 is 0 Å². The average Bonchev–Trinajstić information content (AvgIpc) is 3.10. The van der Waals surface area contributed by atoms with Gasteiger partial charge in [-0.2, -0.15) is 35.5 Å². The zero-order chi connectivity index (χ0) is 42.4. The Kier molecular flexibility index (Phi) is 13.6. The number of rotatable bonds is 17. The summed E-state index contributed by atoms with van der Waals surface area (Å²) in [5.41, 5.74) is 10.3. The Morgan fingerprint density at radius 1 is 0.614 bits per heavy atom. The molecule has 0 saturated heterocycles. The van der Waals surface area contributed by atoms with Crippen LogP contribution in [0, 0.1) is 0 Å². The van der Waals surface area contributed by atoms with Crippen molar-refractivity contribution in [3.05, 3.63) is 84.4 Å². The Bertz CT molecular complexity index is 2820. The van der Waals surface area contributed by atoms with Gasteiger partial charge in [0.2, 0.25) is 0 Å². The van der Waals surface area contributed by atoms with Crippen molar-refractivity contribution in [2.75, 3.05) is 41.5 Å². The number of azo groups is 2. The molecule has 0 radical (unpaired) electrons. The molecule has 0 aromatic heterocycles. The van der Waals surface area contributed by atoms with Crippen molar-refractivity contribution in [1.29, 1.82) is 0 Å². The minimum Gasteiger partial charge on any atom is -0.396 e. The first-order valence-electron chi connectivity index (χ1n) is 15.2. The van der Waals surface area contributed by atoms with Crippen LogP contribution >= 0.6 is 0 Å². The Balaban J connectivity index is 1.56. The number of nitrogen functional groups attached to an aromatic ring is 2. The lowest BCUT2D eigenvalue weighted by atomic mass is 10.2. The third kappa shape index (κ3) is 12.9. The van der Waals surface area contributed by atoms with Crippen LogP contribution in [0.5, 0.6) is 0 Å². The molecule has 0 aliphatic heterocycles. The summed E-state index contributed by atoms with van der Waals surface area (Å²) < 4.78 is 152. The fourth-order valence-electron chi connectivity index (χ4n) is 4.42. The van der Waals surface area contributed by atoms with Crippen molar-refractivity contribution >= 4 is 96.3 Å². The highest BCUT2D eigenvalue weighted by Crippen LogP contribution is 2.43. The van der Waals surface area contributed by atoms with Gasteiger partial charge >= 0.3 is 20.8 Å². The number of hydrogen-bond acceptors (Lipinski definition) is 19. The Morgan fingerprint density at radius 3 is 1.75 bits per heavy atom. The lowest BCUT2D eigenvalue weighted by molar-refractivity contribution is 0.102. The van der Waals surface area contributed by atoms with Crippen molar-refractivity contribution in [1.82, 2.24) is 0 Å². The highest BCUT2D eigenvalue weighted by molar-refractivity contribution is 7.91. The molecule has 0 aliphatic carbocycles. The number of hydrogen-bond donors (Lipinski definition) is 6. The summed E-state index contributed by atoms with van der Waals surface area (Å²) in [7, 11) is -22.9. The van der Waals surface area contributed by atoms with Gasteiger partial charge in [-0.05, 0) is 66.7 Å². The van der Waals surface area contributed by atoms with E-state index in [-0.39, 0.29) is 43.8 Å². The summed E-state index contributed by atoms with van der Waals surface area (Å²) in [5.74, 6) is -2.35. The second-order valence-electron chi connectivity index (χ2n) is 11.1. The zero-order valence-corrected chi connectivity index (χ0v) is 32.6. The third-order valence-corrected chi connectivity index (χ3v) is 12.3. The lowest BCUT2D eigenvalue weighted by Gasteiger charge is -2.10. The molecule has 0 unspecified atom stereocenters. The second-order valence-corrected chi connectivity index (χ2v) is 18.9. The van der Waals surface area contributed by atoms with E-state index in [1.165, 1.54) is 54.6 Å². The molecule has 0 bridgehead atoms. The predicted octanol–water partition coefficient (Wildman–Crippen LogP) is 3.37. The van der Waals surface area contributed by atoms with Crippen LogP contribution in [0.15, 0.2) is 114 Å². The van der Waals surface area contributed by atoms with E-state index in [4.69, 9.17) is 20.6 Å². The van der Waals surface area contributed by atoms with Crippen molar-refractivity contribution < 1.29 is 68.9 Å². The number of anilines is 3. The van der Waals surface area contributed by atoms with Crippen molar-refractivity contribution in [3.63, 3.8) is 0 Å². The minimum absolute atomic E-state index is 0.00362. The summed E-state index contributed by atoms with van der Waals surface area (Å²) in [4.78, 5) is 11.6. The maximum Gasteiger partial charge on any atom is 0.397 e. The SMILES string of the molecule is Nc1c(N=Nc2cccc(C(=O)Nc3cccc(S(=O)(=O)CCOS(=O)(=O)O)c3)c2)cc(S(=O)(=O)O)c(N)c1N=Nc1ccc(S(=O)(=O)CCOS(=O)(=O)O)cc1. The van der Waals surface area contributed by atoms with Crippen LogP contribution in [0.2, 0.25) is 0 Å². The van der Waals surface area contributed by atoms with E-state index in [1.54, 1.807) is 0 Å². The number of sulfone groups is 2. The maximum atomic E-state index is 13.0. The Labute approximate surface area is 324 Å². The largest absolute Gasteiger partial charge is 0.397 e. The predicted molar refractivity (Wildman–Crippen MR) is 200 cm³/mol. The summed E-state index contributed by atoms with van der Waals surface area (Å²) in [5, 5.41) is 18.1. The number of nitrogens with one attached hydrogen (secondary N) is 1. The molecule has 0 atom stereocenters. The first-order valence-corrected chi connectivity index (χ1v) is 22.7. The highest BCUT2D eigenvalue weighted by Gasteiger charge is 2.23. The molecule has 4 aromatic rings. The van der Waals surface area contributed by atoms with Gasteiger partial charge in [0, 0.05) is 11.3 Å². The number of nitrogens with zero attached hydrogens (tertiary/aromatic N) is 4. The van der Waals surface area contributed by atoms with Gasteiger partial charge in [-0.15, -0.1) is 10.2 Å². The molecule has 0 aliphatic rings. The topological polar surface area (TPSA) is 380 Å². The van der Waals surface area contributed by atoms with E-state index in [9.17, 15) is 51.4 Å². The molecule has 1 amide bonds.